The van der Waals surface area contributed by atoms with Crippen molar-refractivity contribution in [2.75, 3.05) is 6.54 Å². The van der Waals surface area contributed by atoms with Gasteiger partial charge in [0, 0.05) is 18.7 Å². The zero-order valence-electron chi connectivity index (χ0n) is 13.4. The summed E-state index contributed by atoms with van der Waals surface area (Å²) in [6.07, 6.45) is 8.61. The Hall–Kier alpha value is -2.43. The summed E-state index contributed by atoms with van der Waals surface area (Å²) in [5.74, 6) is 0.0646. The zero-order valence-corrected chi connectivity index (χ0v) is 13.4. The lowest BCUT2D eigenvalue weighted by Gasteiger charge is -2.32. The third-order valence-corrected chi connectivity index (χ3v) is 4.23. The molecule has 2 heterocycles. The first-order chi connectivity index (χ1) is 11.2. The second-order valence-electron chi connectivity index (χ2n) is 6.04. The van der Waals surface area contributed by atoms with Gasteiger partial charge in [-0.25, -0.2) is 4.68 Å². The van der Waals surface area contributed by atoms with Gasteiger partial charge in [0.2, 0.25) is 5.91 Å². The molecule has 0 bridgehead atoms. The highest BCUT2D eigenvalue weighted by Gasteiger charge is 2.21. The van der Waals surface area contributed by atoms with Crippen LogP contribution in [0.3, 0.4) is 0 Å². The van der Waals surface area contributed by atoms with Gasteiger partial charge in [0.1, 0.15) is 5.69 Å². The molecule has 5 heteroatoms. The molecule has 0 spiro atoms. The number of rotatable bonds is 4. The van der Waals surface area contributed by atoms with E-state index in [-0.39, 0.29) is 5.91 Å². The van der Waals surface area contributed by atoms with E-state index in [0.29, 0.717) is 18.3 Å². The van der Waals surface area contributed by atoms with E-state index in [0.717, 1.165) is 19.4 Å². The van der Waals surface area contributed by atoms with E-state index in [9.17, 15) is 4.79 Å². The zero-order chi connectivity index (χ0) is 16.1. The summed E-state index contributed by atoms with van der Waals surface area (Å²) in [7, 11) is 0. The lowest BCUT2D eigenvalue weighted by Crippen LogP contribution is -2.41. The smallest absolute Gasteiger partial charge is 0.246 e. The molecule has 1 amide bonds. The van der Waals surface area contributed by atoms with Crippen molar-refractivity contribution in [2.24, 2.45) is 0 Å². The van der Waals surface area contributed by atoms with Crippen LogP contribution in [0.2, 0.25) is 0 Å². The maximum absolute atomic E-state index is 12.3. The highest BCUT2D eigenvalue weighted by Crippen LogP contribution is 2.16. The van der Waals surface area contributed by atoms with Crippen LogP contribution in [-0.4, -0.2) is 38.4 Å². The highest BCUT2D eigenvalue weighted by atomic mass is 16.2. The fourth-order valence-corrected chi connectivity index (χ4v) is 2.92. The van der Waals surface area contributed by atoms with E-state index in [1.165, 1.54) is 12.0 Å². The summed E-state index contributed by atoms with van der Waals surface area (Å²) in [5.41, 5.74) is 1.88. The molecule has 1 atom stereocenters. The van der Waals surface area contributed by atoms with Gasteiger partial charge in [0.25, 0.3) is 0 Å². The monoisotopic (exact) mass is 310 g/mol. The second kappa shape index (κ2) is 7.22. The average molecular weight is 310 g/mol. The van der Waals surface area contributed by atoms with E-state index in [2.05, 4.69) is 29.4 Å². The van der Waals surface area contributed by atoms with Crippen molar-refractivity contribution >= 4 is 12.0 Å². The van der Waals surface area contributed by atoms with E-state index in [1.807, 2.05) is 29.3 Å². The van der Waals surface area contributed by atoms with Crippen molar-refractivity contribution in [1.82, 2.24) is 19.9 Å². The molecule has 5 nitrogen and oxygen atoms in total. The molecule has 0 aliphatic carbocycles. The summed E-state index contributed by atoms with van der Waals surface area (Å²) in [6, 6.07) is 10.4. The Morgan fingerprint density at radius 1 is 1.30 bits per heavy atom. The lowest BCUT2D eigenvalue weighted by molar-refractivity contribution is -0.129. The topological polar surface area (TPSA) is 51.0 Å². The van der Waals surface area contributed by atoms with Crippen LogP contribution in [0.4, 0.5) is 0 Å². The summed E-state index contributed by atoms with van der Waals surface area (Å²) in [4.78, 5) is 14.2. The molecule has 1 unspecified atom stereocenters. The van der Waals surface area contributed by atoms with Gasteiger partial charge in [0.15, 0.2) is 0 Å². The Kier molecular flexibility index (Phi) is 4.86. The van der Waals surface area contributed by atoms with Crippen LogP contribution in [0.1, 0.15) is 37.4 Å². The van der Waals surface area contributed by atoms with Gasteiger partial charge < -0.3 is 4.90 Å². The first kappa shape index (κ1) is 15.5. The van der Waals surface area contributed by atoms with E-state index >= 15 is 0 Å². The molecule has 120 valence electrons. The van der Waals surface area contributed by atoms with Gasteiger partial charge in [0.05, 0.1) is 12.7 Å². The maximum Gasteiger partial charge on any atom is 0.246 e. The quantitative estimate of drug-likeness (QED) is 0.816. The van der Waals surface area contributed by atoms with Crippen molar-refractivity contribution in [3.63, 3.8) is 0 Å². The number of nitrogens with zero attached hydrogens (tertiary/aromatic N) is 4. The van der Waals surface area contributed by atoms with E-state index < -0.39 is 0 Å². The number of hydrogen-bond donors (Lipinski definition) is 0. The van der Waals surface area contributed by atoms with Crippen molar-refractivity contribution < 1.29 is 4.79 Å². The van der Waals surface area contributed by atoms with Crippen LogP contribution >= 0.6 is 0 Å². The molecule has 1 aliphatic heterocycles. The minimum Gasteiger partial charge on any atom is -0.336 e. The van der Waals surface area contributed by atoms with Crippen LogP contribution in [0, 0.1) is 0 Å². The molecule has 2 aromatic rings. The number of hydrogen-bond acceptors (Lipinski definition) is 3. The number of amides is 1. The lowest BCUT2D eigenvalue weighted by atomic mass is 10.0. The number of piperidine rings is 1. The Balaban J connectivity index is 1.61. The van der Waals surface area contributed by atoms with Gasteiger partial charge in [-0.15, -0.1) is 5.10 Å². The molecule has 23 heavy (non-hydrogen) atoms. The van der Waals surface area contributed by atoms with E-state index in [4.69, 9.17) is 0 Å². The molecule has 1 aliphatic rings. The molecule has 0 N–H and O–H groups in total. The van der Waals surface area contributed by atoms with Crippen LogP contribution < -0.4 is 0 Å². The summed E-state index contributed by atoms with van der Waals surface area (Å²) in [6.45, 7) is 3.64. The Labute approximate surface area is 136 Å². The number of benzene rings is 1. The number of carbonyl (C=O) groups excluding carboxylic acids is 1. The van der Waals surface area contributed by atoms with Gasteiger partial charge in [-0.2, -0.15) is 0 Å². The Morgan fingerprint density at radius 3 is 2.91 bits per heavy atom. The fourth-order valence-electron chi connectivity index (χ4n) is 2.92. The molecular formula is C18H22N4O. The van der Waals surface area contributed by atoms with Gasteiger partial charge >= 0.3 is 0 Å². The summed E-state index contributed by atoms with van der Waals surface area (Å²) < 4.78 is 1.78. The number of likely N-dealkylation sites (tertiary alicyclic amines) is 1. The number of aromatic nitrogens is 3. The fraction of sp³-hybridized carbons (Fsp3) is 0.389. The first-order valence-electron chi connectivity index (χ1n) is 8.15. The molecule has 1 saturated heterocycles. The number of carbonyl (C=O) groups is 1. The summed E-state index contributed by atoms with van der Waals surface area (Å²) in [5, 5.41) is 8.21. The predicted molar refractivity (Wildman–Crippen MR) is 89.6 cm³/mol. The molecule has 1 aromatic carbocycles. The van der Waals surface area contributed by atoms with E-state index in [1.54, 1.807) is 16.8 Å². The largest absolute Gasteiger partial charge is 0.336 e. The SMILES string of the molecule is CC1CCCCN1C(=O)C=Cc1cn(Cc2ccccc2)nn1. The van der Waals surface area contributed by atoms with Gasteiger partial charge in [-0.3, -0.25) is 4.79 Å². The molecular weight excluding hydrogens is 288 g/mol. The van der Waals surface area contributed by atoms with Gasteiger partial charge in [-0.1, -0.05) is 35.5 Å². The third-order valence-electron chi connectivity index (χ3n) is 4.23. The molecule has 1 fully saturated rings. The minimum atomic E-state index is 0.0646. The van der Waals surface area contributed by atoms with Crippen LogP contribution in [0.25, 0.3) is 6.08 Å². The third kappa shape index (κ3) is 4.06. The van der Waals surface area contributed by atoms with Crippen LogP contribution in [0.5, 0.6) is 0 Å². The van der Waals surface area contributed by atoms with Crippen molar-refractivity contribution in [3.8, 4) is 0 Å². The van der Waals surface area contributed by atoms with Crippen LogP contribution in [-0.2, 0) is 11.3 Å². The predicted octanol–water partition coefficient (Wildman–Crippen LogP) is 2.74. The average Bonchev–Trinajstić information content (AvgIpc) is 3.01. The Bertz CT molecular complexity index is 677. The minimum absolute atomic E-state index is 0.0646. The Morgan fingerprint density at radius 2 is 2.13 bits per heavy atom. The van der Waals surface area contributed by atoms with Crippen molar-refractivity contribution in [2.45, 2.75) is 38.8 Å². The molecule has 1 aromatic heterocycles. The van der Waals surface area contributed by atoms with Gasteiger partial charge in [-0.05, 0) is 37.8 Å². The second-order valence-corrected chi connectivity index (χ2v) is 6.04. The maximum atomic E-state index is 12.3. The molecule has 0 radical (unpaired) electrons. The first-order valence-corrected chi connectivity index (χ1v) is 8.15. The molecule has 0 saturated carbocycles. The normalized spacial score (nSPS) is 18.5. The standard InChI is InChI=1S/C18H22N4O/c1-15-7-5-6-12-22(15)18(23)11-10-17-14-21(20-19-17)13-16-8-3-2-4-9-16/h2-4,8-11,14-15H,5-7,12-13H2,1H3. The summed E-state index contributed by atoms with van der Waals surface area (Å²) >= 11 is 0. The van der Waals surface area contributed by atoms with Crippen molar-refractivity contribution in [1.29, 1.82) is 0 Å². The highest BCUT2D eigenvalue weighted by molar-refractivity contribution is 5.91. The van der Waals surface area contributed by atoms with Crippen LogP contribution in [0.15, 0.2) is 42.6 Å². The van der Waals surface area contributed by atoms with Crippen molar-refractivity contribution in [3.05, 3.63) is 53.9 Å². The molecule has 3 rings (SSSR count).